The summed E-state index contributed by atoms with van der Waals surface area (Å²) < 4.78 is 2.41. The number of hydrogen-bond acceptors (Lipinski definition) is 5. The van der Waals surface area contributed by atoms with Crippen LogP contribution in [0, 0.1) is 0 Å². The fraction of sp³-hybridized carbons (Fsp3) is 0. The van der Waals surface area contributed by atoms with Gasteiger partial charge in [-0.3, -0.25) is 0 Å². The number of thiophene rings is 1. The highest BCUT2D eigenvalue weighted by Crippen LogP contribution is 2.43. The van der Waals surface area contributed by atoms with E-state index in [1.807, 2.05) is 60.7 Å². The second-order valence-corrected chi connectivity index (χ2v) is 14.3. The Morgan fingerprint density at radius 1 is 0.370 bits per heavy atom. The third-order valence-electron chi connectivity index (χ3n) is 9.90. The molecule has 0 saturated carbocycles. The lowest BCUT2D eigenvalue weighted by molar-refractivity contribution is 1.08. The number of fused-ring (bicyclic) bond motifs is 4. The van der Waals surface area contributed by atoms with Crippen LogP contribution in [0.25, 0.3) is 76.2 Å². The number of nitrogens with zero attached hydrogens (tertiary/aromatic N) is 4. The van der Waals surface area contributed by atoms with Crippen LogP contribution < -0.4 is 4.90 Å². The van der Waals surface area contributed by atoms with Gasteiger partial charge in [0.15, 0.2) is 17.5 Å². The molecule has 0 atom stereocenters. The van der Waals surface area contributed by atoms with Crippen molar-refractivity contribution in [2.75, 3.05) is 4.90 Å². The Kier molecular flexibility index (Phi) is 7.97. The minimum absolute atomic E-state index is 0.659. The monoisotopic (exact) mass is 708 g/mol. The van der Waals surface area contributed by atoms with Crippen LogP contribution in [0.2, 0.25) is 0 Å². The molecule has 0 fully saturated rings. The number of aromatic nitrogens is 3. The first-order chi connectivity index (χ1) is 26.8. The summed E-state index contributed by atoms with van der Waals surface area (Å²) in [6.07, 6.45) is 0. The summed E-state index contributed by atoms with van der Waals surface area (Å²) in [5.74, 6) is 1.98. The van der Waals surface area contributed by atoms with Crippen LogP contribution in [0.5, 0.6) is 0 Å². The van der Waals surface area contributed by atoms with Crippen molar-refractivity contribution in [1.82, 2.24) is 15.0 Å². The van der Waals surface area contributed by atoms with E-state index in [2.05, 4.69) is 138 Å². The van der Waals surface area contributed by atoms with Crippen LogP contribution in [0.3, 0.4) is 0 Å². The summed E-state index contributed by atoms with van der Waals surface area (Å²) in [5, 5.41) is 4.77. The van der Waals surface area contributed by atoms with Crippen molar-refractivity contribution in [3.63, 3.8) is 0 Å². The molecule has 0 aliphatic heterocycles. The molecule has 0 aliphatic rings. The highest BCUT2D eigenvalue weighted by molar-refractivity contribution is 7.26. The second kappa shape index (κ2) is 13.6. The highest BCUT2D eigenvalue weighted by atomic mass is 32.1. The van der Waals surface area contributed by atoms with Gasteiger partial charge in [-0.1, -0.05) is 152 Å². The van der Waals surface area contributed by atoms with Gasteiger partial charge < -0.3 is 4.90 Å². The Balaban J connectivity index is 1.09. The predicted octanol–water partition coefficient (Wildman–Crippen LogP) is 13.5. The van der Waals surface area contributed by atoms with Crippen molar-refractivity contribution >= 4 is 59.3 Å². The third kappa shape index (κ3) is 5.77. The van der Waals surface area contributed by atoms with E-state index in [0.717, 1.165) is 44.7 Å². The first kappa shape index (κ1) is 31.8. The summed E-state index contributed by atoms with van der Waals surface area (Å²) in [6, 6.07) is 68.2. The molecular formula is C49H32N4S. The maximum Gasteiger partial charge on any atom is 0.164 e. The number of hydrogen-bond donors (Lipinski definition) is 0. The summed E-state index contributed by atoms with van der Waals surface area (Å²) in [7, 11) is 0. The Labute approximate surface area is 317 Å². The zero-order chi connectivity index (χ0) is 35.8. The zero-order valence-corrected chi connectivity index (χ0v) is 30.0. The van der Waals surface area contributed by atoms with E-state index in [1.54, 1.807) is 11.3 Å². The summed E-state index contributed by atoms with van der Waals surface area (Å²) >= 11 is 1.80. The topological polar surface area (TPSA) is 41.9 Å². The van der Waals surface area contributed by atoms with Crippen molar-refractivity contribution in [2.24, 2.45) is 0 Å². The molecule has 10 aromatic rings. The average molecular weight is 709 g/mol. The SMILES string of the molecule is c1ccc(-c2nc(-c3ccccc3)nc(-c3cccc4sc5cc(-c6cccc(N(c7ccccc7)c7cccc8ccccc78)c6)ccc5c34)n2)cc1. The molecule has 0 aliphatic carbocycles. The third-order valence-corrected chi connectivity index (χ3v) is 11.0. The van der Waals surface area contributed by atoms with Crippen LogP contribution in [0.15, 0.2) is 194 Å². The van der Waals surface area contributed by atoms with Crippen molar-refractivity contribution in [2.45, 2.75) is 0 Å². The van der Waals surface area contributed by atoms with E-state index >= 15 is 0 Å². The minimum Gasteiger partial charge on any atom is -0.310 e. The molecule has 0 bridgehead atoms. The molecule has 0 amide bonds. The zero-order valence-electron chi connectivity index (χ0n) is 29.2. The van der Waals surface area contributed by atoms with Gasteiger partial charge in [0, 0.05) is 53.6 Å². The molecular weight excluding hydrogens is 677 g/mol. The van der Waals surface area contributed by atoms with Gasteiger partial charge in [0.2, 0.25) is 0 Å². The number of rotatable bonds is 7. The van der Waals surface area contributed by atoms with Gasteiger partial charge >= 0.3 is 0 Å². The summed E-state index contributed by atoms with van der Waals surface area (Å²) in [6.45, 7) is 0. The van der Waals surface area contributed by atoms with Gasteiger partial charge in [-0.15, -0.1) is 11.3 Å². The van der Waals surface area contributed by atoms with Crippen molar-refractivity contribution in [3.8, 4) is 45.3 Å². The van der Waals surface area contributed by atoms with Gasteiger partial charge in [-0.2, -0.15) is 0 Å². The lowest BCUT2D eigenvalue weighted by Gasteiger charge is -2.27. The predicted molar refractivity (Wildman–Crippen MR) is 227 cm³/mol. The van der Waals surface area contributed by atoms with Crippen molar-refractivity contribution in [1.29, 1.82) is 0 Å². The standard InChI is InChI=1S/C49H32N4S/c1-4-16-34(17-5-1)47-50-48(35-18-6-2-7-19-35)52-49(51-47)42-26-14-28-44-46(42)41-30-29-37(32-45(41)54-44)36-21-12-24-39(31-36)53(38-22-8-3-9-23-38)43-27-13-20-33-15-10-11-25-40(33)43/h1-32H. The molecule has 0 N–H and O–H groups in total. The number of anilines is 3. The Hall–Kier alpha value is -6.95. The van der Waals surface area contributed by atoms with E-state index in [-0.39, 0.29) is 0 Å². The quantitative estimate of drug-likeness (QED) is 0.165. The van der Waals surface area contributed by atoms with E-state index in [4.69, 9.17) is 15.0 Å². The van der Waals surface area contributed by atoms with E-state index in [9.17, 15) is 0 Å². The van der Waals surface area contributed by atoms with Crippen LogP contribution in [0.4, 0.5) is 17.1 Å². The van der Waals surface area contributed by atoms with E-state index in [0.29, 0.717) is 17.5 Å². The van der Waals surface area contributed by atoms with Crippen LogP contribution in [0.1, 0.15) is 0 Å². The average Bonchev–Trinajstić information content (AvgIpc) is 3.63. The minimum atomic E-state index is 0.659. The molecule has 2 heterocycles. The molecule has 254 valence electrons. The fourth-order valence-corrected chi connectivity index (χ4v) is 8.52. The highest BCUT2D eigenvalue weighted by Gasteiger charge is 2.19. The van der Waals surface area contributed by atoms with Crippen molar-refractivity contribution < 1.29 is 0 Å². The molecule has 8 aromatic carbocycles. The molecule has 0 saturated heterocycles. The fourth-order valence-electron chi connectivity index (χ4n) is 7.35. The first-order valence-corrected chi connectivity index (χ1v) is 18.8. The smallest absolute Gasteiger partial charge is 0.164 e. The van der Waals surface area contributed by atoms with Gasteiger partial charge in [0.05, 0.1) is 5.69 Å². The Morgan fingerprint density at radius 2 is 0.944 bits per heavy atom. The van der Waals surface area contributed by atoms with Gasteiger partial charge in [-0.25, -0.2) is 15.0 Å². The molecule has 2 aromatic heterocycles. The van der Waals surface area contributed by atoms with Crippen LogP contribution in [-0.2, 0) is 0 Å². The summed E-state index contributed by atoms with van der Waals surface area (Å²) in [5.41, 5.74) is 8.60. The maximum atomic E-state index is 5.07. The van der Waals surface area contributed by atoms with Crippen LogP contribution >= 0.6 is 11.3 Å². The van der Waals surface area contributed by atoms with E-state index in [1.165, 1.54) is 31.1 Å². The Morgan fingerprint density at radius 3 is 1.70 bits per heavy atom. The van der Waals surface area contributed by atoms with Gasteiger partial charge in [0.25, 0.3) is 0 Å². The number of benzene rings is 8. The largest absolute Gasteiger partial charge is 0.310 e. The van der Waals surface area contributed by atoms with Crippen molar-refractivity contribution in [3.05, 3.63) is 194 Å². The summed E-state index contributed by atoms with van der Waals surface area (Å²) in [4.78, 5) is 17.4. The second-order valence-electron chi connectivity index (χ2n) is 13.2. The molecule has 0 unspecified atom stereocenters. The lowest BCUT2D eigenvalue weighted by Crippen LogP contribution is -2.10. The van der Waals surface area contributed by atoms with Gasteiger partial charge in [0.1, 0.15) is 0 Å². The molecule has 10 rings (SSSR count). The molecule has 54 heavy (non-hydrogen) atoms. The van der Waals surface area contributed by atoms with Crippen LogP contribution in [-0.4, -0.2) is 15.0 Å². The Bertz CT molecular complexity index is 2880. The molecule has 5 heteroatoms. The number of para-hydroxylation sites is 1. The van der Waals surface area contributed by atoms with Gasteiger partial charge in [-0.05, 0) is 59.0 Å². The van der Waals surface area contributed by atoms with E-state index < -0.39 is 0 Å². The molecule has 4 nitrogen and oxygen atoms in total. The molecule has 0 spiro atoms. The molecule has 0 radical (unpaired) electrons. The lowest BCUT2D eigenvalue weighted by atomic mass is 10.0. The first-order valence-electron chi connectivity index (χ1n) is 18.0. The normalized spacial score (nSPS) is 11.3. The maximum absolute atomic E-state index is 5.07.